The van der Waals surface area contributed by atoms with Crippen LogP contribution in [0.2, 0.25) is 0 Å². The first-order valence-corrected chi connectivity index (χ1v) is 6.84. The van der Waals surface area contributed by atoms with E-state index in [2.05, 4.69) is 15.0 Å². The summed E-state index contributed by atoms with van der Waals surface area (Å²) in [7, 11) is 3.01. The van der Waals surface area contributed by atoms with Gasteiger partial charge in [0, 0.05) is 26.3 Å². The van der Waals surface area contributed by atoms with Crippen molar-refractivity contribution in [3.63, 3.8) is 0 Å². The van der Waals surface area contributed by atoms with Gasteiger partial charge < -0.3 is 10.1 Å². The third-order valence-corrected chi connectivity index (χ3v) is 3.53. The summed E-state index contributed by atoms with van der Waals surface area (Å²) in [5.41, 5.74) is 0.562. The van der Waals surface area contributed by atoms with E-state index >= 15 is 0 Å². The van der Waals surface area contributed by atoms with E-state index in [9.17, 15) is 9.59 Å². The van der Waals surface area contributed by atoms with Gasteiger partial charge in [0.2, 0.25) is 0 Å². The molecule has 21 heavy (non-hydrogen) atoms. The molecule has 2 rings (SSSR count). The van der Waals surface area contributed by atoms with Gasteiger partial charge in [0.15, 0.2) is 5.11 Å². The Kier molecular flexibility index (Phi) is 4.69. The van der Waals surface area contributed by atoms with Crippen molar-refractivity contribution in [1.29, 1.82) is 0 Å². The molecule has 0 aromatic carbocycles. The van der Waals surface area contributed by atoms with E-state index in [0.29, 0.717) is 23.8 Å². The Balaban J connectivity index is 2.16. The molecular formula is C13H16N4O3S. The summed E-state index contributed by atoms with van der Waals surface area (Å²) in [5, 5.41) is 6.62. The van der Waals surface area contributed by atoms with Crippen LogP contribution in [-0.2, 0) is 4.74 Å². The summed E-state index contributed by atoms with van der Waals surface area (Å²) < 4.78 is 4.59. The van der Waals surface area contributed by atoms with Gasteiger partial charge in [-0.25, -0.2) is 9.80 Å². The Morgan fingerprint density at radius 1 is 1.33 bits per heavy atom. The third-order valence-electron chi connectivity index (χ3n) is 3.12. The van der Waals surface area contributed by atoms with Crippen molar-refractivity contribution >= 4 is 29.2 Å². The number of nitrogens with one attached hydrogen (secondary N) is 1. The minimum Gasteiger partial charge on any atom is -0.465 e. The van der Waals surface area contributed by atoms with Gasteiger partial charge in [-0.2, -0.15) is 0 Å². The monoisotopic (exact) mass is 308 g/mol. The molecule has 1 N–H and O–H groups in total. The molecule has 1 aromatic heterocycles. The zero-order chi connectivity index (χ0) is 15.4. The molecule has 7 nitrogen and oxygen atoms in total. The second-order valence-electron chi connectivity index (χ2n) is 4.38. The zero-order valence-electron chi connectivity index (χ0n) is 11.8. The summed E-state index contributed by atoms with van der Waals surface area (Å²) in [6.07, 6.45) is 2.17. The first kappa shape index (κ1) is 15.2. The minimum absolute atomic E-state index is 0.249. The number of hydrogen-bond donors (Lipinski definition) is 1. The minimum atomic E-state index is -0.486. The molecule has 0 radical (unpaired) electrons. The first-order chi connectivity index (χ1) is 10.1. The van der Waals surface area contributed by atoms with Crippen LogP contribution in [0.5, 0.6) is 0 Å². The fraction of sp³-hybridized carbons (Fsp3) is 0.385. The lowest BCUT2D eigenvalue weighted by molar-refractivity contribution is 0.0485. The number of esters is 1. The van der Waals surface area contributed by atoms with E-state index in [1.165, 1.54) is 25.4 Å². The normalized spacial score (nSPS) is 14.0. The van der Waals surface area contributed by atoms with Crippen molar-refractivity contribution in [1.82, 2.24) is 20.3 Å². The summed E-state index contributed by atoms with van der Waals surface area (Å²) >= 11 is 5.17. The second kappa shape index (κ2) is 6.49. The average molecular weight is 308 g/mol. The van der Waals surface area contributed by atoms with Crippen molar-refractivity contribution in [2.75, 3.05) is 27.2 Å². The summed E-state index contributed by atoms with van der Waals surface area (Å²) in [4.78, 5) is 27.8. The largest absolute Gasteiger partial charge is 0.465 e. The number of methoxy groups -OCH3 is 1. The Morgan fingerprint density at radius 3 is 2.62 bits per heavy atom. The van der Waals surface area contributed by atoms with Crippen LogP contribution < -0.4 is 5.32 Å². The zero-order valence-corrected chi connectivity index (χ0v) is 12.6. The molecule has 1 amide bonds. The quantitative estimate of drug-likeness (QED) is 0.627. The van der Waals surface area contributed by atoms with Gasteiger partial charge in [-0.1, -0.05) is 0 Å². The molecule has 8 heteroatoms. The Hall–Kier alpha value is -2.22. The van der Waals surface area contributed by atoms with Crippen molar-refractivity contribution < 1.29 is 14.3 Å². The number of carbonyl (C=O) groups is 2. The van der Waals surface area contributed by atoms with Crippen LogP contribution >= 0.6 is 12.2 Å². The number of amides is 1. The van der Waals surface area contributed by atoms with Gasteiger partial charge in [0.05, 0.1) is 12.7 Å². The van der Waals surface area contributed by atoms with Crippen LogP contribution in [0.3, 0.4) is 0 Å². The highest BCUT2D eigenvalue weighted by molar-refractivity contribution is 7.80. The van der Waals surface area contributed by atoms with Crippen LogP contribution in [-0.4, -0.2) is 59.2 Å². The molecule has 0 aliphatic carbocycles. The van der Waals surface area contributed by atoms with E-state index in [0.717, 1.165) is 6.42 Å². The van der Waals surface area contributed by atoms with Crippen LogP contribution in [0.4, 0.5) is 0 Å². The Labute approximate surface area is 127 Å². The van der Waals surface area contributed by atoms with Crippen LogP contribution in [0.15, 0.2) is 18.3 Å². The predicted molar refractivity (Wildman–Crippen MR) is 79.6 cm³/mol. The lowest BCUT2D eigenvalue weighted by Crippen LogP contribution is -2.48. The smallest absolute Gasteiger partial charge is 0.339 e. The average Bonchev–Trinajstić information content (AvgIpc) is 3.02. The van der Waals surface area contributed by atoms with Gasteiger partial charge in [-0.3, -0.25) is 14.8 Å². The number of hydrazine groups is 1. The molecule has 0 unspecified atom stereocenters. The van der Waals surface area contributed by atoms with Crippen molar-refractivity contribution in [2.24, 2.45) is 0 Å². The molecule has 0 bridgehead atoms. The molecule has 1 aliphatic heterocycles. The van der Waals surface area contributed by atoms with Crippen molar-refractivity contribution in [3.05, 3.63) is 29.6 Å². The molecule has 0 atom stereocenters. The number of nitrogens with zero attached hydrogens (tertiary/aromatic N) is 3. The predicted octanol–water partition coefficient (Wildman–Crippen LogP) is 0.435. The van der Waals surface area contributed by atoms with Gasteiger partial charge in [-0.15, -0.1) is 0 Å². The van der Waals surface area contributed by atoms with E-state index in [1.54, 1.807) is 17.1 Å². The fourth-order valence-electron chi connectivity index (χ4n) is 2.05. The summed E-state index contributed by atoms with van der Waals surface area (Å²) in [6, 6.07) is 3.02. The Bertz CT molecular complexity index is 561. The third kappa shape index (κ3) is 3.10. The second-order valence-corrected chi connectivity index (χ2v) is 4.77. The number of aromatic nitrogens is 1. The van der Waals surface area contributed by atoms with Gasteiger partial charge >= 0.3 is 5.97 Å². The maximum absolute atomic E-state index is 12.4. The molecule has 1 fully saturated rings. The molecule has 1 aromatic rings. The van der Waals surface area contributed by atoms with E-state index in [-0.39, 0.29) is 11.6 Å². The molecule has 2 heterocycles. The van der Waals surface area contributed by atoms with Crippen LogP contribution in [0.1, 0.15) is 27.3 Å². The standard InChI is InChI=1S/C13H16N4O3S/c1-14-13(21)17-7-3-6-16(17)11(18)10-5-4-9(8-15-10)12(19)20-2/h4-5,8H,3,6-7H2,1-2H3,(H,14,21). The lowest BCUT2D eigenvalue weighted by atomic mass is 10.2. The molecule has 1 aliphatic rings. The van der Waals surface area contributed by atoms with Gasteiger partial charge in [-0.05, 0) is 30.8 Å². The van der Waals surface area contributed by atoms with Gasteiger partial charge in [0.1, 0.15) is 5.69 Å². The maximum atomic E-state index is 12.4. The number of carbonyl (C=O) groups excluding carboxylic acids is 2. The highest BCUT2D eigenvalue weighted by Gasteiger charge is 2.29. The summed E-state index contributed by atoms with van der Waals surface area (Å²) in [6.45, 7) is 1.27. The van der Waals surface area contributed by atoms with E-state index in [4.69, 9.17) is 12.2 Å². The molecule has 1 saturated heterocycles. The van der Waals surface area contributed by atoms with Crippen LogP contribution in [0.25, 0.3) is 0 Å². The number of ether oxygens (including phenoxy) is 1. The number of rotatable bonds is 2. The molecular weight excluding hydrogens is 292 g/mol. The molecule has 112 valence electrons. The molecule has 0 spiro atoms. The number of hydrogen-bond acceptors (Lipinski definition) is 5. The van der Waals surface area contributed by atoms with Gasteiger partial charge in [0.25, 0.3) is 5.91 Å². The summed E-state index contributed by atoms with van der Waals surface area (Å²) in [5.74, 6) is -0.734. The number of pyridine rings is 1. The fourth-order valence-corrected chi connectivity index (χ4v) is 2.24. The lowest BCUT2D eigenvalue weighted by Gasteiger charge is -2.29. The van der Waals surface area contributed by atoms with E-state index < -0.39 is 5.97 Å². The first-order valence-electron chi connectivity index (χ1n) is 6.44. The highest BCUT2D eigenvalue weighted by Crippen LogP contribution is 2.14. The Morgan fingerprint density at radius 2 is 2.05 bits per heavy atom. The molecule has 0 saturated carbocycles. The maximum Gasteiger partial charge on any atom is 0.339 e. The van der Waals surface area contributed by atoms with Crippen molar-refractivity contribution in [2.45, 2.75) is 6.42 Å². The highest BCUT2D eigenvalue weighted by atomic mass is 32.1. The SMILES string of the molecule is CNC(=S)N1CCCN1C(=O)c1ccc(C(=O)OC)cn1. The van der Waals surface area contributed by atoms with E-state index in [1.807, 2.05) is 0 Å². The van der Waals surface area contributed by atoms with Crippen molar-refractivity contribution in [3.8, 4) is 0 Å². The van der Waals surface area contributed by atoms with Crippen LogP contribution in [0, 0.1) is 0 Å². The number of thiocarbonyl (C=S) groups is 1. The topological polar surface area (TPSA) is 74.8 Å².